The second kappa shape index (κ2) is 3.08. The molecule has 1 N–H and O–H groups in total. The smallest absolute Gasteiger partial charge is 0.00387 e. The first kappa shape index (κ1) is 6.09. The van der Waals surface area contributed by atoms with Gasteiger partial charge in [-0.1, -0.05) is 12.8 Å². The molecule has 0 saturated carbocycles. The normalized spacial score (nSPS) is 31.9. The fraction of sp³-hybridized carbons (Fsp3) is 1.00. The Labute approximate surface area is 51.5 Å². The van der Waals surface area contributed by atoms with Crippen molar-refractivity contribution in [3.8, 4) is 0 Å². The summed E-state index contributed by atoms with van der Waals surface area (Å²) < 4.78 is 0. The zero-order chi connectivity index (χ0) is 5.82. The van der Waals surface area contributed by atoms with Crippen molar-refractivity contribution in [3.63, 3.8) is 0 Å². The molecular formula is C7H15N. The molecule has 0 aromatic heterocycles. The summed E-state index contributed by atoms with van der Waals surface area (Å²) in [5, 5.41) is 3.44. The van der Waals surface area contributed by atoms with E-state index in [-0.39, 0.29) is 0 Å². The SMILES string of the molecule is C[C@H]1CCCCCN1. The lowest BCUT2D eigenvalue weighted by Gasteiger charge is -2.06. The van der Waals surface area contributed by atoms with Crippen molar-refractivity contribution in [2.75, 3.05) is 6.54 Å². The van der Waals surface area contributed by atoms with Gasteiger partial charge in [0.2, 0.25) is 0 Å². The summed E-state index contributed by atoms with van der Waals surface area (Å²) in [7, 11) is 0. The molecule has 1 aliphatic rings. The Kier molecular flexibility index (Phi) is 2.34. The maximum Gasteiger partial charge on any atom is 0.00387 e. The quantitative estimate of drug-likeness (QED) is 0.502. The summed E-state index contributed by atoms with van der Waals surface area (Å²) in [6, 6.07) is 0.775. The lowest BCUT2D eigenvalue weighted by atomic mass is 10.1. The zero-order valence-electron chi connectivity index (χ0n) is 5.61. The Morgan fingerprint density at radius 3 is 3.00 bits per heavy atom. The molecule has 1 nitrogen and oxygen atoms in total. The summed E-state index contributed by atoms with van der Waals surface area (Å²) in [6.45, 7) is 3.51. The zero-order valence-corrected chi connectivity index (χ0v) is 5.61. The van der Waals surface area contributed by atoms with E-state index in [2.05, 4.69) is 12.2 Å². The molecule has 1 saturated heterocycles. The summed E-state index contributed by atoms with van der Waals surface area (Å²) in [6.07, 6.45) is 5.61. The first-order valence-electron chi connectivity index (χ1n) is 3.63. The Hall–Kier alpha value is -0.0400. The minimum atomic E-state index is 0.775. The number of nitrogens with one attached hydrogen (secondary N) is 1. The lowest BCUT2D eigenvalue weighted by molar-refractivity contribution is 0.550. The monoisotopic (exact) mass is 113 g/mol. The molecule has 0 aromatic carbocycles. The molecule has 0 aromatic rings. The molecule has 1 heterocycles. The van der Waals surface area contributed by atoms with Gasteiger partial charge in [0.25, 0.3) is 0 Å². The van der Waals surface area contributed by atoms with Gasteiger partial charge in [0.05, 0.1) is 0 Å². The molecule has 0 amide bonds. The third-order valence-corrected chi connectivity index (χ3v) is 1.81. The van der Waals surface area contributed by atoms with E-state index in [0.717, 1.165) is 6.04 Å². The molecule has 1 rings (SSSR count). The van der Waals surface area contributed by atoms with E-state index in [4.69, 9.17) is 0 Å². The lowest BCUT2D eigenvalue weighted by Crippen LogP contribution is -2.24. The highest BCUT2D eigenvalue weighted by Gasteiger charge is 2.03. The second-order valence-corrected chi connectivity index (χ2v) is 2.70. The Balaban J connectivity index is 2.17. The van der Waals surface area contributed by atoms with Gasteiger partial charge in [0.15, 0.2) is 0 Å². The third-order valence-electron chi connectivity index (χ3n) is 1.81. The minimum absolute atomic E-state index is 0.775. The van der Waals surface area contributed by atoms with E-state index >= 15 is 0 Å². The van der Waals surface area contributed by atoms with Crippen LogP contribution in [0, 0.1) is 0 Å². The van der Waals surface area contributed by atoms with Crippen molar-refractivity contribution in [2.24, 2.45) is 0 Å². The maximum absolute atomic E-state index is 3.44. The molecular weight excluding hydrogens is 98.1 g/mol. The van der Waals surface area contributed by atoms with E-state index in [0.29, 0.717) is 0 Å². The van der Waals surface area contributed by atoms with Crippen LogP contribution >= 0.6 is 0 Å². The highest BCUT2D eigenvalue weighted by atomic mass is 14.9. The van der Waals surface area contributed by atoms with Crippen LogP contribution in [0.15, 0.2) is 0 Å². The molecule has 1 aliphatic heterocycles. The van der Waals surface area contributed by atoms with Crippen LogP contribution in [0.25, 0.3) is 0 Å². The van der Waals surface area contributed by atoms with Crippen LogP contribution < -0.4 is 5.32 Å². The number of rotatable bonds is 0. The van der Waals surface area contributed by atoms with Crippen molar-refractivity contribution in [1.29, 1.82) is 0 Å². The standard InChI is InChI=1S/C7H15N/c1-7-5-3-2-4-6-8-7/h7-8H,2-6H2,1H3/t7-/m0/s1. The van der Waals surface area contributed by atoms with Crippen molar-refractivity contribution >= 4 is 0 Å². The van der Waals surface area contributed by atoms with Gasteiger partial charge in [0, 0.05) is 6.04 Å². The fourth-order valence-electron chi connectivity index (χ4n) is 1.20. The van der Waals surface area contributed by atoms with Crippen molar-refractivity contribution < 1.29 is 0 Å². The molecule has 48 valence electrons. The minimum Gasteiger partial charge on any atom is -0.314 e. The molecule has 1 fully saturated rings. The van der Waals surface area contributed by atoms with E-state index < -0.39 is 0 Å². The van der Waals surface area contributed by atoms with E-state index in [1.54, 1.807) is 0 Å². The summed E-state index contributed by atoms with van der Waals surface area (Å²) >= 11 is 0. The Morgan fingerprint density at radius 2 is 2.12 bits per heavy atom. The van der Waals surface area contributed by atoms with Gasteiger partial charge >= 0.3 is 0 Å². The highest BCUT2D eigenvalue weighted by Crippen LogP contribution is 2.06. The molecule has 1 atom stereocenters. The van der Waals surface area contributed by atoms with Gasteiger partial charge in [-0.25, -0.2) is 0 Å². The van der Waals surface area contributed by atoms with Gasteiger partial charge in [-0.15, -0.1) is 0 Å². The predicted molar refractivity (Wildman–Crippen MR) is 35.9 cm³/mol. The van der Waals surface area contributed by atoms with Gasteiger partial charge < -0.3 is 5.32 Å². The Morgan fingerprint density at radius 1 is 1.25 bits per heavy atom. The maximum atomic E-state index is 3.44. The van der Waals surface area contributed by atoms with E-state index in [9.17, 15) is 0 Å². The fourth-order valence-corrected chi connectivity index (χ4v) is 1.20. The van der Waals surface area contributed by atoms with Crippen LogP contribution in [0.3, 0.4) is 0 Å². The number of hydrogen-bond donors (Lipinski definition) is 1. The average molecular weight is 113 g/mol. The average Bonchev–Trinajstić information content (AvgIpc) is 1.94. The predicted octanol–water partition coefficient (Wildman–Crippen LogP) is 1.54. The Bertz CT molecular complexity index is 53.4. The molecule has 0 radical (unpaired) electrons. The summed E-state index contributed by atoms with van der Waals surface area (Å²) in [4.78, 5) is 0. The summed E-state index contributed by atoms with van der Waals surface area (Å²) in [5.74, 6) is 0. The second-order valence-electron chi connectivity index (χ2n) is 2.70. The van der Waals surface area contributed by atoms with E-state index in [1.165, 1.54) is 32.2 Å². The molecule has 8 heavy (non-hydrogen) atoms. The molecule has 0 unspecified atom stereocenters. The first-order valence-corrected chi connectivity index (χ1v) is 3.63. The van der Waals surface area contributed by atoms with Crippen LogP contribution in [0.2, 0.25) is 0 Å². The summed E-state index contributed by atoms with van der Waals surface area (Å²) in [5.41, 5.74) is 0. The van der Waals surface area contributed by atoms with Crippen LogP contribution in [0.4, 0.5) is 0 Å². The van der Waals surface area contributed by atoms with Crippen LogP contribution in [-0.4, -0.2) is 12.6 Å². The van der Waals surface area contributed by atoms with Gasteiger partial charge in [-0.2, -0.15) is 0 Å². The molecule has 0 aliphatic carbocycles. The van der Waals surface area contributed by atoms with E-state index in [1.807, 2.05) is 0 Å². The molecule has 1 heteroatoms. The van der Waals surface area contributed by atoms with Crippen LogP contribution in [0.5, 0.6) is 0 Å². The largest absolute Gasteiger partial charge is 0.314 e. The van der Waals surface area contributed by atoms with Gasteiger partial charge in [-0.3, -0.25) is 0 Å². The third kappa shape index (κ3) is 1.83. The van der Waals surface area contributed by atoms with Crippen molar-refractivity contribution in [2.45, 2.75) is 38.6 Å². The van der Waals surface area contributed by atoms with Crippen molar-refractivity contribution in [3.05, 3.63) is 0 Å². The van der Waals surface area contributed by atoms with Crippen LogP contribution in [-0.2, 0) is 0 Å². The molecule has 0 spiro atoms. The van der Waals surface area contributed by atoms with Gasteiger partial charge in [-0.05, 0) is 26.3 Å². The van der Waals surface area contributed by atoms with Crippen LogP contribution in [0.1, 0.15) is 32.6 Å². The molecule has 0 bridgehead atoms. The number of hydrogen-bond acceptors (Lipinski definition) is 1. The van der Waals surface area contributed by atoms with Crippen molar-refractivity contribution in [1.82, 2.24) is 5.32 Å². The first-order chi connectivity index (χ1) is 3.89. The van der Waals surface area contributed by atoms with Gasteiger partial charge in [0.1, 0.15) is 0 Å². The highest BCUT2D eigenvalue weighted by molar-refractivity contribution is 4.64. The topological polar surface area (TPSA) is 12.0 Å².